The number of para-hydroxylation sites is 1. The Morgan fingerprint density at radius 3 is 2.84 bits per heavy atom. The summed E-state index contributed by atoms with van der Waals surface area (Å²) in [4.78, 5) is 12.2. The molecular formula is C13H7BrClN3O. The lowest BCUT2D eigenvalue weighted by molar-refractivity contribution is 0.462. The predicted octanol–water partition coefficient (Wildman–Crippen LogP) is 4.23. The first-order valence-electron chi connectivity index (χ1n) is 5.44. The molecule has 0 amide bonds. The van der Waals surface area contributed by atoms with Crippen molar-refractivity contribution in [2.24, 2.45) is 0 Å². The Bertz CT molecular complexity index is 746. The molecule has 0 unspecified atom stereocenters. The van der Waals surface area contributed by atoms with E-state index in [1.54, 1.807) is 12.4 Å². The van der Waals surface area contributed by atoms with E-state index in [4.69, 9.17) is 16.3 Å². The highest BCUT2D eigenvalue weighted by molar-refractivity contribution is 9.10. The molecule has 0 radical (unpaired) electrons. The van der Waals surface area contributed by atoms with Crippen molar-refractivity contribution in [2.45, 2.75) is 0 Å². The van der Waals surface area contributed by atoms with Crippen molar-refractivity contribution in [3.8, 4) is 11.6 Å². The monoisotopic (exact) mass is 335 g/mol. The molecule has 0 N–H and O–H groups in total. The highest BCUT2D eigenvalue weighted by Crippen LogP contribution is 2.31. The molecule has 2 aromatic heterocycles. The molecule has 19 heavy (non-hydrogen) atoms. The molecule has 1 aromatic carbocycles. The van der Waals surface area contributed by atoms with Gasteiger partial charge >= 0.3 is 0 Å². The lowest BCUT2D eigenvalue weighted by atomic mass is 10.2. The summed E-state index contributed by atoms with van der Waals surface area (Å²) in [6.07, 6.45) is 3.26. The van der Waals surface area contributed by atoms with Gasteiger partial charge in [0.05, 0.1) is 4.47 Å². The van der Waals surface area contributed by atoms with Crippen LogP contribution in [0.15, 0.2) is 47.2 Å². The van der Waals surface area contributed by atoms with Crippen LogP contribution in [-0.4, -0.2) is 15.0 Å². The third-order valence-corrected chi connectivity index (χ3v) is 3.21. The molecule has 0 atom stereocenters. The van der Waals surface area contributed by atoms with Crippen LogP contribution in [0.5, 0.6) is 11.6 Å². The standard InChI is InChI=1S/C13H7BrClN3O/c14-9-7-17-13(15)18-12(9)19-10-5-1-3-8-4-2-6-16-11(8)10/h1-7H. The Kier molecular flexibility index (Phi) is 3.31. The van der Waals surface area contributed by atoms with Gasteiger partial charge in [-0.3, -0.25) is 4.98 Å². The summed E-state index contributed by atoms with van der Waals surface area (Å²) in [6, 6.07) is 9.55. The fourth-order valence-corrected chi connectivity index (χ4v) is 2.06. The van der Waals surface area contributed by atoms with Crippen LogP contribution in [0.25, 0.3) is 10.9 Å². The molecule has 94 valence electrons. The molecule has 0 aliphatic carbocycles. The van der Waals surface area contributed by atoms with E-state index < -0.39 is 0 Å². The number of hydrogen-bond acceptors (Lipinski definition) is 4. The van der Waals surface area contributed by atoms with Crippen molar-refractivity contribution < 1.29 is 4.74 Å². The molecule has 2 heterocycles. The zero-order chi connectivity index (χ0) is 13.2. The maximum Gasteiger partial charge on any atom is 0.238 e. The van der Waals surface area contributed by atoms with E-state index in [1.807, 2.05) is 30.3 Å². The van der Waals surface area contributed by atoms with Crippen LogP contribution in [0.1, 0.15) is 0 Å². The van der Waals surface area contributed by atoms with Crippen LogP contribution in [0, 0.1) is 0 Å². The highest BCUT2D eigenvalue weighted by Gasteiger charge is 2.09. The molecule has 0 spiro atoms. The number of nitrogens with zero attached hydrogens (tertiary/aromatic N) is 3. The number of hydrogen-bond donors (Lipinski definition) is 0. The number of fused-ring (bicyclic) bond motifs is 1. The number of ether oxygens (including phenoxy) is 1. The van der Waals surface area contributed by atoms with E-state index in [2.05, 4.69) is 30.9 Å². The Balaban J connectivity index is 2.08. The molecule has 3 aromatic rings. The van der Waals surface area contributed by atoms with Crippen molar-refractivity contribution in [1.82, 2.24) is 15.0 Å². The first-order valence-corrected chi connectivity index (χ1v) is 6.61. The summed E-state index contributed by atoms with van der Waals surface area (Å²) in [7, 11) is 0. The third-order valence-electron chi connectivity index (χ3n) is 2.48. The van der Waals surface area contributed by atoms with Gasteiger partial charge in [0.2, 0.25) is 11.2 Å². The predicted molar refractivity (Wildman–Crippen MR) is 76.6 cm³/mol. The second-order valence-corrected chi connectivity index (χ2v) is 4.92. The van der Waals surface area contributed by atoms with Crippen LogP contribution in [0.2, 0.25) is 5.28 Å². The Morgan fingerprint density at radius 2 is 1.95 bits per heavy atom. The molecule has 0 saturated carbocycles. The Labute approximate surface area is 122 Å². The molecule has 0 aliphatic rings. The van der Waals surface area contributed by atoms with E-state index in [9.17, 15) is 0 Å². The van der Waals surface area contributed by atoms with Gasteiger partial charge in [0.1, 0.15) is 5.52 Å². The topological polar surface area (TPSA) is 47.9 Å². The minimum Gasteiger partial charge on any atom is -0.435 e. The maximum absolute atomic E-state index is 5.76. The number of benzene rings is 1. The van der Waals surface area contributed by atoms with Gasteiger partial charge in [-0.05, 0) is 39.7 Å². The Morgan fingerprint density at radius 1 is 1.11 bits per heavy atom. The summed E-state index contributed by atoms with van der Waals surface area (Å²) in [5, 5.41) is 1.13. The average Bonchev–Trinajstić information content (AvgIpc) is 2.43. The molecule has 4 nitrogen and oxygen atoms in total. The number of aromatic nitrogens is 3. The van der Waals surface area contributed by atoms with E-state index >= 15 is 0 Å². The van der Waals surface area contributed by atoms with Crippen molar-refractivity contribution in [3.63, 3.8) is 0 Å². The minimum absolute atomic E-state index is 0.131. The van der Waals surface area contributed by atoms with Gasteiger partial charge in [0, 0.05) is 17.8 Å². The molecule has 0 fully saturated rings. The van der Waals surface area contributed by atoms with E-state index in [0.29, 0.717) is 16.1 Å². The van der Waals surface area contributed by atoms with Crippen molar-refractivity contribution >= 4 is 38.4 Å². The minimum atomic E-state index is 0.131. The van der Waals surface area contributed by atoms with Gasteiger partial charge in [-0.15, -0.1) is 0 Å². The summed E-state index contributed by atoms with van der Waals surface area (Å²) < 4.78 is 6.39. The first-order chi connectivity index (χ1) is 9.24. The van der Waals surface area contributed by atoms with E-state index in [1.165, 1.54) is 0 Å². The SMILES string of the molecule is Clc1ncc(Br)c(Oc2cccc3cccnc23)n1. The fraction of sp³-hybridized carbons (Fsp3) is 0. The van der Waals surface area contributed by atoms with Crippen molar-refractivity contribution in [2.75, 3.05) is 0 Å². The third kappa shape index (κ3) is 2.52. The lowest BCUT2D eigenvalue weighted by Gasteiger charge is -2.08. The first kappa shape index (κ1) is 12.3. The van der Waals surface area contributed by atoms with Crippen LogP contribution < -0.4 is 4.74 Å². The molecule has 0 aliphatic heterocycles. The zero-order valence-corrected chi connectivity index (χ0v) is 11.9. The fourth-order valence-electron chi connectivity index (χ4n) is 1.67. The summed E-state index contributed by atoms with van der Waals surface area (Å²) >= 11 is 9.09. The number of pyridine rings is 1. The second-order valence-electron chi connectivity index (χ2n) is 3.73. The Hall–Kier alpha value is -1.72. The average molecular weight is 337 g/mol. The molecule has 0 saturated heterocycles. The maximum atomic E-state index is 5.76. The van der Waals surface area contributed by atoms with Crippen LogP contribution in [0.3, 0.4) is 0 Å². The van der Waals surface area contributed by atoms with Gasteiger partial charge in [-0.2, -0.15) is 4.98 Å². The second kappa shape index (κ2) is 5.11. The van der Waals surface area contributed by atoms with E-state index in [-0.39, 0.29) is 5.28 Å². The van der Waals surface area contributed by atoms with E-state index in [0.717, 1.165) is 10.9 Å². The van der Waals surface area contributed by atoms with Gasteiger partial charge in [-0.1, -0.05) is 18.2 Å². The van der Waals surface area contributed by atoms with Crippen LogP contribution >= 0.6 is 27.5 Å². The smallest absolute Gasteiger partial charge is 0.238 e. The highest BCUT2D eigenvalue weighted by atomic mass is 79.9. The van der Waals surface area contributed by atoms with Gasteiger partial charge < -0.3 is 4.74 Å². The largest absolute Gasteiger partial charge is 0.435 e. The van der Waals surface area contributed by atoms with Crippen molar-refractivity contribution in [1.29, 1.82) is 0 Å². The van der Waals surface area contributed by atoms with Gasteiger partial charge in [-0.25, -0.2) is 4.98 Å². The van der Waals surface area contributed by atoms with Crippen molar-refractivity contribution in [3.05, 3.63) is 52.5 Å². The number of rotatable bonds is 2. The zero-order valence-electron chi connectivity index (χ0n) is 9.55. The van der Waals surface area contributed by atoms with Crippen LogP contribution in [-0.2, 0) is 0 Å². The van der Waals surface area contributed by atoms with Crippen LogP contribution in [0.4, 0.5) is 0 Å². The lowest BCUT2D eigenvalue weighted by Crippen LogP contribution is -1.93. The van der Waals surface area contributed by atoms with Gasteiger partial charge in [0.25, 0.3) is 0 Å². The normalized spacial score (nSPS) is 10.6. The summed E-state index contributed by atoms with van der Waals surface area (Å²) in [6.45, 7) is 0. The summed E-state index contributed by atoms with van der Waals surface area (Å²) in [5.41, 5.74) is 0.770. The molecule has 6 heteroatoms. The quantitative estimate of drug-likeness (QED) is 0.657. The molecule has 3 rings (SSSR count). The summed E-state index contributed by atoms with van der Waals surface area (Å²) in [5.74, 6) is 0.978. The molecular weight excluding hydrogens is 330 g/mol. The number of halogens is 2. The molecule has 0 bridgehead atoms. The van der Waals surface area contributed by atoms with Gasteiger partial charge in [0.15, 0.2) is 5.75 Å².